The van der Waals surface area contributed by atoms with E-state index in [1.807, 2.05) is 40.2 Å². The van der Waals surface area contributed by atoms with Crippen molar-refractivity contribution in [1.82, 2.24) is 9.38 Å². The van der Waals surface area contributed by atoms with E-state index in [1.54, 1.807) is 0 Å². The van der Waals surface area contributed by atoms with Crippen LogP contribution in [0.25, 0.3) is 16.2 Å². The Kier molecular flexibility index (Phi) is 3.58. The van der Waals surface area contributed by atoms with Gasteiger partial charge in [0.2, 0.25) is 0 Å². The minimum atomic E-state index is -0.247. The van der Waals surface area contributed by atoms with Crippen molar-refractivity contribution in [3.05, 3.63) is 46.0 Å². The fourth-order valence-electron chi connectivity index (χ4n) is 1.94. The Labute approximate surface area is 128 Å². The van der Waals surface area contributed by atoms with Crippen LogP contribution in [0, 0.1) is 0 Å². The number of aromatic nitrogens is 2. The molecule has 0 unspecified atom stereocenters. The molecule has 0 bridgehead atoms. The molecule has 4 nitrogen and oxygen atoms in total. The number of rotatable bonds is 3. The van der Waals surface area contributed by atoms with E-state index >= 15 is 0 Å². The largest absolute Gasteiger partial charge is 0.469 e. The predicted molar refractivity (Wildman–Crippen MR) is 81.9 cm³/mol. The number of ether oxygens (including phenoxy) is 1. The lowest BCUT2D eigenvalue weighted by Crippen LogP contribution is -2.05. The number of nitrogens with zero attached hydrogens (tertiary/aromatic N) is 2. The van der Waals surface area contributed by atoms with Gasteiger partial charge in [-0.2, -0.15) is 0 Å². The van der Waals surface area contributed by atoms with Crippen LogP contribution in [0.1, 0.15) is 5.69 Å². The van der Waals surface area contributed by atoms with Crippen molar-refractivity contribution in [2.75, 3.05) is 7.11 Å². The molecule has 0 amide bonds. The van der Waals surface area contributed by atoms with Gasteiger partial charge >= 0.3 is 5.97 Å². The zero-order valence-corrected chi connectivity index (χ0v) is 13.1. The van der Waals surface area contributed by atoms with Gasteiger partial charge in [0.15, 0.2) is 4.96 Å². The first kappa shape index (κ1) is 13.3. The van der Waals surface area contributed by atoms with Gasteiger partial charge < -0.3 is 4.74 Å². The molecule has 0 fully saturated rings. The Hall–Kier alpha value is -1.66. The van der Waals surface area contributed by atoms with Crippen molar-refractivity contribution in [3.63, 3.8) is 0 Å². The number of benzene rings is 1. The molecule has 2 heterocycles. The second-order valence-corrected chi connectivity index (χ2v) is 6.02. The molecule has 0 N–H and O–H groups in total. The molecule has 102 valence electrons. The van der Waals surface area contributed by atoms with Crippen LogP contribution in [-0.2, 0) is 16.0 Å². The SMILES string of the molecule is COC(=O)Cc1csc2nc(-c3ccc(Br)cc3)cn12. The second-order valence-electron chi connectivity index (χ2n) is 4.27. The molecule has 3 rings (SSSR count). The number of hydrogen-bond acceptors (Lipinski definition) is 4. The number of fused-ring (bicyclic) bond motifs is 1. The van der Waals surface area contributed by atoms with Crippen molar-refractivity contribution in [1.29, 1.82) is 0 Å². The fraction of sp³-hybridized carbons (Fsp3) is 0.143. The second kappa shape index (κ2) is 5.38. The van der Waals surface area contributed by atoms with E-state index in [4.69, 9.17) is 4.74 Å². The number of esters is 1. The summed E-state index contributed by atoms with van der Waals surface area (Å²) in [7, 11) is 1.40. The summed E-state index contributed by atoms with van der Waals surface area (Å²) in [6, 6.07) is 7.99. The maximum Gasteiger partial charge on any atom is 0.311 e. The molecule has 0 aliphatic rings. The summed E-state index contributed by atoms with van der Waals surface area (Å²) in [5, 5.41) is 1.94. The van der Waals surface area contributed by atoms with Gasteiger partial charge in [-0.15, -0.1) is 11.3 Å². The highest BCUT2D eigenvalue weighted by Crippen LogP contribution is 2.25. The number of thiazole rings is 1. The molecular formula is C14H11BrN2O2S. The van der Waals surface area contributed by atoms with E-state index in [9.17, 15) is 4.79 Å². The van der Waals surface area contributed by atoms with E-state index in [2.05, 4.69) is 20.9 Å². The number of carbonyl (C=O) groups is 1. The van der Waals surface area contributed by atoms with Crippen LogP contribution in [0.15, 0.2) is 40.3 Å². The molecule has 1 aromatic carbocycles. The molecule has 0 atom stereocenters. The Morgan fingerprint density at radius 3 is 2.85 bits per heavy atom. The lowest BCUT2D eigenvalue weighted by Gasteiger charge is -1.98. The minimum Gasteiger partial charge on any atom is -0.469 e. The van der Waals surface area contributed by atoms with Gasteiger partial charge in [0.05, 0.1) is 19.2 Å². The number of halogens is 1. The summed E-state index contributed by atoms with van der Waals surface area (Å²) >= 11 is 4.94. The Balaban J connectivity index is 1.98. The first-order valence-corrected chi connectivity index (χ1v) is 7.63. The van der Waals surface area contributed by atoms with Crippen molar-refractivity contribution in [3.8, 4) is 11.3 Å². The van der Waals surface area contributed by atoms with E-state index in [-0.39, 0.29) is 12.4 Å². The van der Waals surface area contributed by atoms with Gasteiger partial charge in [0.1, 0.15) is 0 Å². The molecule has 0 radical (unpaired) electrons. The molecule has 6 heteroatoms. The highest BCUT2D eigenvalue weighted by molar-refractivity contribution is 9.10. The number of methoxy groups -OCH3 is 1. The zero-order valence-electron chi connectivity index (χ0n) is 10.7. The van der Waals surface area contributed by atoms with Gasteiger partial charge in [-0.3, -0.25) is 9.20 Å². The molecule has 0 aliphatic carbocycles. The van der Waals surface area contributed by atoms with Crippen molar-refractivity contribution in [2.45, 2.75) is 6.42 Å². The summed E-state index contributed by atoms with van der Waals surface area (Å²) in [6.07, 6.45) is 2.21. The third-order valence-corrected chi connectivity index (χ3v) is 4.39. The monoisotopic (exact) mass is 350 g/mol. The molecule has 0 saturated carbocycles. The van der Waals surface area contributed by atoms with Crippen LogP contribution >= 0.6 is 27.3 Å². The van der Waals surface area contributed by atoms with Crippen LogP contribution in [-0.4, -0.2) is 22.5 Å². The highest BCUT2D eigenvalue weighted by Gasteiger charge is 2.12. The van der Waals surface area contributed by atoms with Gasteiger partial charge in [0, 0.05) is 27.3 Å². The normalized spacial score (nSPS) is 10.9. The Bertz CT molecular complexity index is 761. The zero-order chi connectivity index (χ0) is 14.1. The number of imidazole rings is 1. The van der Waals surface area contributed by atoms with Crippen LogP contribution in [0.3, 0.4) is 0 Å². The number of hydrogen-bond donors (Lipinski definition) is 0. The predicted octanol–water partition coefficient (Wildman–Crippen LogP) is 3.54. The standard InChI is InChI=1S/C14H11BrN2O2S/c1-19-13(18)6-11-8-20-14-16-12(7-17(11)14)9-2-4-10(15)5-3-9/h2-5,7-8H,6H2,1H3. The quantitative estimate of drug-likeness (QED) is 0.678. The van der Waals surface area contributed by atoms with E-state index in [0.717, 1.165) is 26.4 Å². The Morgan fingerprint density at radius 2 is 2.15 bits per heavy atom. The summed E-state index contributed by atoms with van der Waals surface area (Å²) in [6.45, 7) is 0. The molecule has 0 saturated heterocycles. The van der Waals surface area contributed by atoms with Crippen LogP contribution in [0.5, 0.6) is 0 Å². The highest BCUT2D eigenvalue weighted by atomic mass is 79.9. The van der Waals surface area contributed by atoms with Gasteiger partial charge in [-0.05, 0) is 12.1 Å². The Morgan fingerprint density at radius 1 is 1.40 bits per heavy atom. The van der Waals surface area contributed by atoms with Crippen LogP contribution in [0.2, 0.25) is 0 Å². The summed E-state index contributed by atoms with van der Waals surface area (Å²) in [5.74, 6) is -0.247. The summed E-state index contributed by atoms with van der Waals surface area (Å²) in [4.78, 5) is 16.8. The lowest BCUT2D eigenvalue weighted by molar-refractivity contribution is -0.139. The van der Waals surface area contributed by atoms with Crippen LogP contribution in [0.4, 0.5) is 0 Å². The minimum absolute atomic E-state index is 0.247. The van der Waals surface area contributed by atoms with E-state index in [0.29, 0.717) is 0 Å². The molecule has 0 aliphatic heterocycles. The average molecular weight is 351 g/mol. The third-order valence-electron chi connectivity index (χ3n) is 2.98. The topological polar surface area (TPSA) is 43.6 Å². The van der Waals surface area contributed by atoms with Crippen molar-refractivity contribution < 1.29 is 9.53 Å². The summed E-state index contributed by atoms with van der Waals surface area (Å²) < 4.78 is 7.68. The molecule has 2 aromatic heterocycles. The lowest BCUT2D eigenvalue weighted by atomic mass is 10.2. The molecular weight excluding hydrogens is 340 g/mol. The smallest absolute Gasteiger partial charge is 0.311 e. The van der Waals surface area contributed by atoms with Gasteiger partial charge in [-0.25, -0.2) is 4.98 Å². The van der Waals surface area contributed by atoms with Crippen LogP contribution < -0.4 is 0 Å². The fourth-order valence-corrected chi connectivity index (χ4v) is 3.07. The van der Waals surface area contributed by atoms with Crippen molar-refractivity contribution in [2.24, 2.45) is 0 Å². The molecule has 0 spiro atoms. The number of carbonyl (C=O) groups excluding carboxylic acids is 1. The molecule has 20 heavy (non-hydrogen) atoms. The van der Waals surface area contributed by atoms with E-state index in [1.165, 1.54) is 18.4 Å². The van der Waals surface area contributed by atoms with E-state index < -0.39 is 0 Å². The average Bonchev–Trinajstić information content (AvgIpc) is 3.01. The summed E-state index contributed by atoms with van der Waals surface area (Å²) in [5.41, 5.74) is 2.84. The van der Waals surface area contributed by atoms with Gasteiger partial charge in [-0.1, -0.05) is 28.1 Å². The maximum atomic E-state index is 11.4. The molecule has 3 aromatic rings. The third kappa shape index (κ3) is 2.48. The van der Waals surface area contributed by atoms with Gasteiger partial charge in [0.25, 0.3) is 0 Å². The van der Waals surface area contributed by atoms with Crippen molar-refractivity contribution >= 4 is 38.2 Å². The first-order chi connectivity index (χ1) is 9.67. The first-order valence-electron chi connectivity index (χ1n) is 5.95. The maximum absolute atomic E-state index is 11.4.